The van der Waals surface area contributed by atoms with Crippen molar-refractivity contribution >= 4 is 10.8 Å². The van der Waals surface area contributed by atoms with E-state index in [4.69, 9.17) is 9.84 Å². The molecule has 0 bridgehead atoms. The zero-order chi connectivity index (χ0) is 11.4. The molecule has 0 heterocycles. The second-order valence-corrected chi connectivity index (χ2v) is 3.62. The highest BCUT2D eigenvalue weighted by atomic mass is 16.5. The van der Waals surface area contributed by atoms with Crippen molar-refractivity contribution in [1.82, 2.24) is 0 Å². The minimum atomic E-state index is -0.834. The van der Waals surface area contributed by atoms with Gasteiger partial charge in [-0.05, 0) is 11.5 Å². The lowest BCUT2D eigenvalue weighted by Gasteiger charge is -2.11. The molecule has 84 valence electrons. The zero-order valence-electron chi connectivity index (χ0n) is 8.84. The average molecular weight is 218 g/mol. The van der Waals surface area contributed by atoms with Gasteiger partial charge < -0.3 is 14.9 Å². The van der Waals surface area contributed by atoms with Crippen LogP contribution in [-0.2, 0) is 0 Å². The van der Waals surface area contributed by atoms with Crippen molar-refractivity contribution < 1.29 is 14.9 Å². The van der Waals surface area contributed by atoms with Gasteiger partial charge in [0.05, 0.1) is 6.61 Å². The number of fused-ring (bicyclic) bond motifs is 1. The average Bonchev–Trinajstić information content (AvgIpc) is 2.35. The van der Waals surface area contributed by atoms with Crippen molar-refractivity contribution in [2.24, 2.45) is 0 Å². The van der Waals surface area contributed by atoms with Crippen molar-refractivity contribution in [3.05, 3.63) is 42.5 Å². The van der Waals surface area contributed by atoms with Gasteiger partial charge in [-0.15, -0.1) is 0 Å². The van der Waals surface area contributed by atoms with Gasteiger partial charge in [-0.3, -0.25) is 0 Å². The van der Waals surface area contributed by atoms with Gasteiger partial charge in [-0.25, -0.2) is 0 Å². The summed E-state index contributed by atoms with van der Waals surface area (Å²) in [7, 11) is 0. The third kappa shape index (κ3) is 2.32. The summed E-state index contributed by atoms with van der Waals surface area (Å²) in [4.78, 5) is 0. The van der Waals surface area contributed by atoms with E-state index < -0.39 is 6.10 Å². The Morgan fingerprint density at radius 3 is 2.62 bits per heavy atom. The van der Waals surface area contributed by atoms with E-state index in [0.29, 0.717) is 0 Å². The molecule has 0 amide bonds. The minimum absolute atomic E-state index is 0.102. The number of rotatable bonds is 4. The van der Waals surface area contributed by atoms with Gasteiger partial charge in [0.25, 0.3) is 0 Å². The van der Waals surface area contributed by atoms with Crippen molar-refractivity contribution in [2.45, 2.75) is 6.10 Å². The Balaban J connectivity index is 2.23. The number of ether oxygens (including phenoxy) is 1. The number of aliphatic hydroxyl groups is 2. The summed E-state index contributed by atoms with van der Waals surface area (Å²) >= 11 is 0. The van der Waals surface area contributed by atoms with Gasteiger partial charge in [0.15, 0.2) is 0 Å². The summed E-state index contributed by atoms with van der Waals surface area (Å²) in [5.41, 5.74) is 0. The Morgan fingerprint density at radius 2 is 1.81 bits per heavy atom. The predicted octanol–water partition coefficient (Wildman–Crippen LogP) is 1.57. The Hall–Kier alpha value is -1.58. The topological polar surface area (TPSA) is 49.7 Å². The fourth-order valence-corrected chi connectivity index (χ4v) is 1.56. The molecule has 0 fully saturated rings. The molecule has 0 unspecified atom stereocenters. The largest absolute Gasteiger partial charge is 0.490 e. The van der Waals surface area contributed by atoms with Crippen molar-refractivity contribution in [2.75, 3.05) is 13.2 Å². The van der Waals surface area contributed by atoms with Crippen molar-refractivity contribution in [3.63, 3.8) is 0 Å². The fraction of sp³-hybridized carbons (Fsp3) is 0.231. The standard InChI is InChI=1S/C13H14O3/c14-8-11(15)9-16-13-7-3-5-10-4-1-2-6-12(10)13/h1-7,11,14-15H,8-9H2/t11-/m0/s1. The summed E-state index contributed by atoms with van der Waals surface area (Å²) in [6.07, 6.45) is -0.834. The van der Waals surface area contributed by atoms with E-state index in [0.717, 1.165) is 16.5 Å². The molecule has 0 saturated carbocycles. The van der Waals surface area contributed by atoms with Crippen LogP contribution >= 0.6 is 0 Å². The molecule has 0 spiro atoms. The Bertz CT molecular complexity index is 462. The lowest BCUT2D eigenvalue weighted by molar-refractivity contribution is 0.0541. The maximum absolute atomic E-state index is 9.22. The van der Waals surface area contributed by atoms with Crippen molar-refractivity contribution in [3.8, 4) is 5.75 Å². The molecule has 0 aliphatic rings. The van der Waals surface area contributed by atoms with Crippen LogP contribution in [0.5, 0.6) is 5.75 Å². The maximum Gasteiger partial charge on any atom is 0.127 e. The maximum atomic E-state index is 9.22. The van der Waals surface area contributed by atoms with E-state index in [1.165, 1.54) is 0 Å². The van der Waals surface area contributed by atoms with Crippen LogP contribution in [0.2, 0.25) is 0 Å². The van der Waals surface area contributed by atoms with Crippen LogP contribution in [0.4, 0.5) is 0 Å². The van der Waals surface area contributed by atoms with Crippen LogP contribution in [0.25, 0.3) is 10.8 Å². The van der Waals surface area contributed by atoms with Crippen LogP contribution in [0.1, 0.15) is 0 Å². The number of hydrogen-bond acceptors (Lipinski definition) is 3. The molecule has 0 aliphatic carbocycles. The molecular weight excluding hydrogens is 204 g/mol. The van der Waals surface area contributed by atoms with Crippen LogP contribution in [0, 0.1) is 0 Å². The monoisotopic (exact) mass is 218 g/mol. The van der Waals surface area contributed by atoms with Crippen LogP contribution in [0.15, 0.2) is 42.5 Å². The highest BCUT2D eigenvalue weighted by Gasteiger charge is 2.05. The van der Waals surface area contributed by atoms with Crippen LogP contribution in [0.3, 0.4) is 0 Å². The SMILES string of the molecule is OC[C@H](O)COc1cccc2ccccc12. The quantitative estimate of drug-likeness (QED) is 0.819. The molecule has 16 heavy (non-hydrogen) atoms. The van der Waals surface area contributed by atoms with Gasteiger partial charge >= 0.3 is 0 Å². The molecule has 2 aromatic carbocycles. The Labute approximate surface area is 93.9 Å². The molecule has 3 nitrogen and oxygen atoms in total. The minimum Gasteiger partial charge on any atom is -0.490 e. The number of benzene rings is 2. The molecule has 0 aromatic heterocycles. The summed E-state index contributed by atoms with van der Waals surface area (Å²) in [6.45, 7) is -0.185. The van der Waals surface area contributed by atoms with Crippen molar-refractivity contribution in [1.29, 1.82) is 0 Å². The zero-order valence-corrected chi connectivity index (χ0v) is 8.84. The molecule has 2 rings (SSSR count). The number of hydrogen-bond donors (Lipinski definition) is 2. The smallest absolute Gasteiger partial charge is 0.127 e. The first-order valence-corrected chi connectivity index (χ1v) is 5.21. The molecule has 2 N–H and O–H groups in total. The van der Waals surface area contributed by atoms with Gasteiger partial charge in [0.1, 0.15) is 18.5 Å². The molecule has 1 atom stereocenters. The van der Waals surface area contributed by atoms with E-state index in [9.17, 15) is 5.11 Å². The van der Waals surface area contributed by atoms with E-state index in [1.54, 1.807) is 0 Å². The second-order valence-electron chi connectivity index (χ2n) is 3.62. The molecule has 0 saturated heterocycles. The molecule has 0 aliphatic heterocycles. The van der Waals surface area contributed by atoms with E-state index >= 15 is 0 Å². The highest BCUT2D eigenvalue weighted by molar-refractivity contribution is 5.88. The van der Waals surface area contributed by atoms with Gasteiger partial charge in [0.2, 0.25) is 0 Å². The molecular formula is C13H14O3. The van der Waals surface area contributed by atoms with Crippen LogP contribution in [-0.4, -0.2) is 29.5 Å². The summed E-state index contributed by atoms with van der Waals surface area (Å²) in [6, 6.07) is 13.6. The molecule has 3 heteroatoms. The molecule has 0 radical (unpaired) electrons. The predicted molar refractivity (Wildman–Crippen MR) is 62.5 cm³/mol. The third-order valence-corrected chi connectivity index (χ3v) is 2.39. The first-order chi connectivity index (χ1) is 7.81. The van der Waals surface area contributed by atoms with Gasteiger partial charge in [-0.2, -0.15) is 0 Å². The summed E-state index contributed by atoms with van der Waals surface area (Å²) in [5, 5.41) is 20.0. The summed E-state index contributed by atoms with van der Waals surface area (Å²) in [5.74, 6) is 0.727. The first kappa shape index (κ1) is 10.9. The van der Waals surface area contributed by atoms with E-state index in [-0.39, 0.29) is 13.2 Å². The normalized spacial score (nSPS) is 12.6. The lowest BCUT2D eigenvalue weighted by Crippen LogP contribution is -2.21. The Morgan fingerprint density at radius 1 is 1.06 bits per heavy atom. The second kappa shape index (κ2) is 4.96. The first-order valence-electron chi connectivity index (χ1n) is 5.21. The fourth-order valence-electron chi connectivity index (χ4n) is 1.56. The highest BCUT2D eigenvalue weighted by Crippen LogP contribution is 2.25. The summed E-state index contributed by atoms with van der Waals surface area (Å²) < 4.78 is 5.46. The van der Waals surface area contributed by atoms with Gasteiger partial charge in [0, 0.05) is 5.39 Å². The Kier molecular flexibility index (Phi) is 3.39. The van der Waals surface area contributed by atoms with E-state index in [1.807, 2.05) is 42.5 Å². The van der Waals surface area contributed by atoms with E-state index in [2.05, 4.69) is 0 Å². The number of aliphatic hydroxyl groups excluding tert-OH is 2. The third-order valence-electron chi connectivity index (χ3n) is 2.39. The van der Waals surface area contributed by atoms with Crippen LogP contribution < -0.4 is 4.74 Å². The molecule has 2 aromatic rings. The van der Waals surface area contributed by atoms with Gasteiger partial charge in [-0.1, -0.05) is 36.4 Å². The lowest BCUT2D eigenvalue weighted by atomic mass is 10.1.